The molecule has 0 aliphatic carbocycles. The van der Waals surface area contributed by atoms with Crippen molar-refractivity contribution in [2.45, 2.75) is 58.2 Å². The summed E-state index contributed by atoms with van der Waals surface area (Å²) < 4.78 is 5.44. The number of carbonyl (C=O) groups is 1. The van der Waals surface area contributed by atoms with Crippen molar-refractivity contribution in [2.75, 3.05) is 6.54 Å². The number of piperidine rings is 1. The Labute approximate surface area is 136 Å². The summed E-state index contributed by atoms with van der Waals surface area (Å²) in [6.07, 6.45) is 4.01. The molecule has 23 heavy (non-hydrogen) atoms. The first kappa shape index (κ1) is 17.4. The Bertz CT molecular complexity index is 544. The van der Waals surface area contributed by atoms with Crippen molar-refractivity contribution in [2.24, 2.45) is 0 Å². The maximum atomic E-state index is 12.4. The zero-order chi connectivity index (χ0) is 16.8. The van der Waals surface area contributed by atoms with Gasteiger partial charge < -0.3 is 4.74 Å². The second kappa shape index (κ2) is 8.06. The van der Waals surface area contributed by atoms with E-state index in [1.165, 1.54) is 12.1 Å². The third-order valence-electron chi connectivity index (χ3n) is 4.50. The van der Waals surface area contributed by atoms with Crippen molar-refractivity contribution >= 4 is 11.7 Å². The van der Waals surface area contributed by atoms with E-state index < -0.39 is 4.92 Å². The number of nitro groups is 1. The summed E-state index contributed by atoms with van der Waals surface area (Å²) in [7, 11) is 0. The molecule has 1 aromatic rings. The quantitative estimate of drug-likeness (QED) is 0.457. The molecule has 0 aromatic heterocycles. The number of ether oxygens (including phenoxy) is 1. The molecule has 1 aliphatic rings. The van der Waals surface area contributed by atoms with Crippen LogP contribution < -0.4 is 0 Å². The highest BCUT2D eigenvalue weighted by Crippen LogP contribution is 2.22. The number of nitro benzene ring substituents is 1. The van der Waals surface area contributed by atoms with E-state index in [-0.39, 0.29) is 24.3 Å². The number of nitrogens with zero attached hydrogens (tertiary/aromatic N) is 2. The van der Waals surface area contributed by atoms with Crippen LogP contribution in [0.3, 0.4) is 0 Å². The van der Waals surface area contributed by atoms with E-state index in [1.807, 2.05) is 0 Å². The first-order valence-electron chi connectivity index (χ1n) is 8.18. The molecule has 0 N–H and O–H groups in total. The summed E-state index contributed by atoms with van der Waals surface area (Å²) in [5, 5.41) is 10.6. The highest BCUT2D eigenvalue weighted by atomic mass is 16.6. The van der Waals surface area contributed by atoms with Crippen LogP contribution in [-0.4, -0.2) is 34.4 Å². The molecule has 2 unspecified atom stereocenters. The highest BCUT2D eigenvalue weighted by molar-refractivity contribution is 5.76. The van der Waals surface area contributed by atoms with Gasteiger partial charge in [-0.25, -0.2) is 0 Å². The molecule has 0 radical (unpaired) electrons. The predicted octanol–water partition coefficient (Wildman–Crippen LogP) is 3.29. The molecule has 6 heteroatoms. The van der Waals surface area contributed by atoms with Crippen molar-refractivity contribution < 1.29 is 14.5 Å². The Morgan fingerprint density at radius 1 is 1.39 bits per heavy atom. The minimum atomic E-state index is -0.443. The minimum Gasteiger partial charge on any atom is -0.460 e. The summed E-state index contributed by atoms with van der Waals surface area (Å²) in [4.78, 5) is 24.8. The van der Waals surface area contributed by atoms with Gasteiger partial charge in [-0.15, -0.1) is 0 Å². The lowest BCUT2D eigenvalue weighted by molar-refractivity contribution is -0.384. The first-order chi connectivity index (χ1) is 11.0. The van der Waals surface area contributed by atoms with E-state index in [9.17, 15) is 14.9 Å². The Hall–Kier alpha value is -1.95. The molecular formula is C17H24N2O4. The lowest BCUT2D eigenvalue weighted by Crippen LogP contribution is -2.49. The number of carbonyl (C=O) groups excluding carboxylic acids is 1. The van der Waals surface area contributed by atoms with Crippen LogP contribution in [0.1, 0.15) is 45.1 Å². The van der Waals surface area contributed by atoms with Crippen molar-refractivity contribution in [3.8, 4) is 0 Å². The van der Waals surface area contributed by atoms with E-state index >= 15 is 0 Å². The van der Waals surface area contributed by atoms with Gasteiger partial charge >= 0.3 is 5.97 Å². The van der Waals surface area contributed by atoms with Crippen LogP contribution in [0.25, 0.3) is 0 Å². The standard InChI is InChI=1S/C17H24N2O4/c1-3-13(2)18-11-5-4-6-16(18)17(20)23-12-14-7-9-15(10-8-14)19(21)22/h7-10,13,16H,3-6,11-12H2,1-2H3. The fraction of sp³-hybridized carbons (Fsp3) is 0.588. The van der Waals surface area contributed by atoms with Gasteiger partial charge in [0.1, 0.15) is 12.6 Å². The lowest BCUT2D eigenvalue weighted by Gasteiger charge is -2.38. The average Bonchev–Trinajstić information content (AvgIpc) is 2.59. The maximum Gasteiger partial charge on any atom is 0.323 e. The zero-order valence-corrected chi connectivity index (χ0v) is 13.7. The first-order valence-corrected chi connectivity index (χ1v) is 8.18. The van der Waals surface area contributed by atoms with Crippen molar-refractivity contribution in [1.82, 2.24) is 4.90 Å². The molecule has 1 fully saturated rings. The van der Waals surface area contributed by atoms with Gasteiger partial charge in [-0.1, -0.05) is 13.3 Å². The van der Waals surface area contributed by atoms with Crippen LogP contribution in [0.15, 0.2) is 24.3 Å². The van der Waals surface area contributed by atoms with E-state index in [0.29, 0.717) is 6.04 Å². The van der Waals surface area contributed by atoms with Gasteiger partial charge in [-0.05, 0) is 50.4 Å². The third kappa shape index (κ3) is 4.51. The number of esters is 1. The molecule has 2 atom stereocenters. The summed E-state index contributed by atoms with van der Waals surface area (Å²) in [6, 6.07) is 6.30. The third-order valence-corrected chi connectivity index (χ3v) is 4.50. The lowest BCUT2D eigenvalue weighted by atomic mass is 9.99. The van der Waals surface area contributed by atoms with Gasteiger partial charge in [0.2, 0.25) is 0 Å². The predicted molar refractivity (Wildman–Crippen MR) is 87.0 cm³/mol. The van der Waals surface area contributed by atoms with Gasteiger partial charge in [0.15, 0.2) is 0 Å². The second-order valence-corrected chi connectivity index (χ2v) is 6.04. The van der Waals surface area contributed by atoms with Crippen LogP contribution in [0, 0.1) is 10.1 Å². The summed E-state index contributed by atoms with van der Waals surface area (Å²) in [6.45, 7) is 5.36. The number of rotatable bonds is 6. The average molecular weight is 320 g/mol. The molecule has 0 bridgehead atoms. The topological polar surface area (TPSA) is 72.7 Å². The van der Waals surface area contributed by atoms with E-state index in [1.54, 1.807) is 12.1 Å². The van der Waals surface area contributed by atoms with Gasteiger partial charge in [0.25, 0.3) is 5.69 Å². The van der Waals surface area contributed by atoms with Gasteiger partial charge in [-0.2, -0.15) is 0 Å². The Morgan fingerprint density at radius 2 is 2.09 bits per heavy atom. The number of non-ortho nitro benzene ring substituents is 1. The normalized spacial score (nSPS) is 20.0. The number of hydrogen-bond donors (Lipinski definition) is 0. The molecule has 1 saturated heterocycles. The van der Waals surface area contributed by atoms with Crippen molar-refractivity contribution in [3.63, 3.8) is 0 Å². The Morgan fingerprint density at radius 3 is 2.70 bits per heavy atom. The summed E-state index contributed by atoms with van der Waals surface area (Å²) in [5.41, 5.74) is 0.796. The Balaban J connectivity index is 1.93. The van der Waals surface area contributed by atoms with Gasteiger partial charge in [0.05, 0.1) is 4.92 Å². The molecule has 126 valence electrons. The molecule has 1 heterocycles. The number of likely N-dealkylation sites (tertiary alicyclic amines) is 1. The van der Waals surface area contributed by atoms with Crippen molar-refractivity contribution in [1.29, 1.82) is 0 Å². The molecular weight excluding hydrogens is 296 g/mol. The second-order valence-electron chi connectivity index (χ2n) is 6.04. The molecule has 2 rings (SSSR count). The van der Waals surface area contributed by atoms with E-state index in [4.69, 9.17) is 4.74 Å². The molecule has 6 nitrogen and oxygen atoms in total. The van der Waals surface area contributed by atoms with Crippen LogP contribution in [0.4, 0.5) is 5.69 Å². The molecule has 1 aromatic carbocycles. The smallest absolute Gasteiger partial charge is 0.323 e. The summed E-state index contributed by atoms with van der Waals surface area (Å²) in [5.74, 6) is -0.191. The molecule has 0 spiro atoms. The summed E-state index contributed by atoms with van der Waals surface area (Å²) >= 11 is 0. The van der Waals surface area contributed by atoms with E-state index in [2.05, 4.69) is 18.7 Å². The fourth-order valence-electron chi connectivity index (χ4n) is 2.93. The van der Waals surface area contributed by atoms with Crippen molar-refractivity contribution in [3.05, 3.63) is 39.9 Å². The fourth-order valence-corrected chi connectivity index (χ4v) is 2.93. The van der Waals surface area contributed by atoms with Crippen LogP contribution in [0.5, 0.6) is 0 Å². The molecule has 1 aliphatic heterocycles. The van der Waals surface area contributed by atoms with Crippen LogP contribution >= 0.6 is 0 Å². The number of benzene rings is 1. The van der Waals surface area contributed by atoms with Crippen LogP contribution in [-0.2, 0) is 16.1 Å². The van der Waals surface area contributed by atoms with Crippen LogP contribution in [0.2, 0.25) is 0 Å². The maximum absolute atomic E-state index is 12.4. The highest BCUT2D eigenvalue weighted by Gasteiger charge is 2.32. The van der Waals surface area contributed by atoms with Gasteiger partial charge in [0, 0.05) is 18.2 Å². The monoisotopic (exact) mass is 320 g/mol. The molecule has 0 amide bonds. The zero-order valence-electron chi connectivity index (χ0n) is 13.7. The Kier molecular flexibility index (Phi) is 6.10. The molecule has 0 saturated carbocycles. The van der Waals surface area contributed by atoms with E-state index in [0.717, 1.165) is 37.8 Å². The number of hydrogen-bond acceptors (Lipinski definition) is 5. The SMILES string of the molecule is CCC(C)N1CCCCC1C(=O)OCc1ccc([N+](=O)[O-])cc1. The largest absolute Gasteiger partial charge is 0.460 e. The van der Waals surface area contributed by atoms with Gasteiger partial charge in [-0.3, -0.25) is 19.8 Å². The minimum absolute atomic E-state index is 0.0373.